The number of anilines is 1. The third-order valence-electron chi connectivity index (χ3n) is 7.99. The van der Waals surface area contributed by atoms with Gasteiger partial charge in [0.25, 0.3) is 11.8 Å². The number of esters is 1. The first-order chi connectivity index (χ1) is 22.5. The third-order valence-corrected chi connectivity index (χ3v) is 9.61. The number of fused-ring (bicyclic) bond motifs is 1. The van der Waals surface area contributed by atoms with Gasteiger partial charge in [-0.3, -0.25) is 18.7 Å². The van der Waals surface area contributed by atoms with E-state index in [-0.39, 0.29) is 22.9 Å². The number of hydrogen-bond donors (Lipinski definition) is 1. The van der Waals surface area contributed by atoms with Gasteiger partial charge in [0.1, 0.15) is 22.7 Å². The molecule has 3 aromatic carbocycles. The molecular weight excluding hydrogens is 618 g/mol. The molecule has 3 heterocycles. The van der Waals surface area contributed by atoms with Crippen LogP contribution in [0, 0.1) is 0 Å². The minimum absolute atomic E-state index is 0.0998. The Morgan fingerprint density at radius 1 is 0.915 bits per heavy atom. The lowest BCUT2D eigenvalue weighted by Gasteiger charge is -2.49. The molecule has 3 aliphatic heterocycles. The topological polar surface area (TPSA) is 122 Å². The van der Waals surface area contributed by atoms with E-state index in [2.05, 4.69) is 5.32 Å². The standard InChI is InChI=1S/C36H35N3O7S/c1-36(2,3)46-35(43)37-28-32(41)39-29(34(42)45-30(23-13-7-4-8-14-23)24-15-9-5-10-16-24)26(22-47(44)33(28)39)21-25-19-20-38(31(25)40)27-17-11-6-12-18-27/h4-18,21,28,30,33H,19-20,22H2,1-3H3,(H,37,43)/b25-21+/t28-,33-,47?/m1/s1. The maximum absolute atomic E-state index is 14.3. The molecule has 47 heavy (non-hydrogen) atoms. The van der Waals surface area contributed by atoms with Crippen molar-refractivity contribution < 1.29 is 32.9 Å². The van der Waals surface area contributed by atoms with Crippen LogP contribution in [0.25, 0.3) is 0 Å². The maximum atomic E-state index is 14.3. The van der Waals surface area contributed by atoms with E-state index in [1.165, 1.54) is 0 Å². The first-order valence-corrected chi connectivity index (χ1v) is 16.7. The highest BCUT2D eigenvalue weighted by atomic mass is 32.2. The van der Waals surface area contributed by atoms with Crippen molar-refractivity contribution >= 4 is 40.4 Å². The zero-order valence-corrected chi connectivity index (χ0v) is 27.1. The van der Waals surface area contributed by atoms with Crippen LogP contribution in [0.15, 0.2) is 114 Å². The lowest BCUT2D eigenvalue weighted by molar-refractivity contribution is -0.153. The summed E-state index contributed by atoms with van der Waals surface area (Å²) < 4.78 is 25.2. The molecule has 0 spiro atoms. The first-order valence-electron chi connectivity index (χ1n) is 15.3. The predicted molar refractivity (Wildman–Crippen MR) is 176 cm³/mol. The van der Waals surface area contributed by atoms with Gasteiger partial charge >= 0.3 is 12.1 Å². The monoisotopic (exact) mass is 653 g/mol. The summed E-state index contributed by atoms with van der Waals surface area (Å²) in [6.45, 7) is 5.50. The van der Waals surface area contributed by atoms with Crippen molar-refractivity contribution in [3.63, 3.8) is 0 Å². The van der Waals surface area contributed by atoms with Gasteiger partial charge in [-0.1, -0.05) is 78.9 Å². The largest absolute Gasteiger partial charge is 0.448 e. The molecule has 6 rings (SSSR count). The van der Waals surface area contributed by atoms with Gasteiger partial charge in [-0.2, -0.15) is 0 Å². The third kappa shape index (κ3) is 6.62. The van der Waals surface area contributed by atoms with E-state index in [0.29, 0.717) is 29.7 Å². The maximum Gasteiger partial charge on any atom is 0.408 e. The van der Waals surface area contributed by atoms with Crippen LogP contribution in [0.1, 0.15) is 44.4 Å². The summed E-state index contributed by atoms with van der Waals surface area (Å²) in [5, 5.41) is 1.51. The van der Waals surface area contributed by atoms with Gasteiger partial charge in [-0.25, -0.2) is 9.59 Å². The molecule has 0 radical (unpaired) electrons. The molecule has 0 saturated carbocycles. The van der Waals surface area contributed by atoms with Crippen LogP contribution in [0.5, 0.6) is 0 Å². The number of carbonyl (C=O) groups excluding carboxylic acids is 4. The molecule has 2 saturated heterocycles. The normalized spacial score (nSPS) is 21.9. The summed E-state index contributed by atoms with van der Waals surface area (Å²) in [5.41, 5.74) is 1.93. The Hall–Kier alpha value is -5.03. The van der Waals surface area contributed by atoms with Crippen molar-refractivity contribution in [3.8, 4) is 0 Å². The Bertz CT molecular complexity index is 1750. The number of carbonyl (C=O) groups is 4. The fraction of sp³-hybridized carbons (Fsp3) is 0.278. The lowest BCUT2D eigenvalue weighted by Crippen LogP contribution is -2.73. The van der Waals surface area contributed by atoms with E-state index in [1.807, 2.05) is 91.0 Å². The number of ether oxygens (including phenoxy) is 2. The van der Waals surface area contributed by atoms with Gasteiger partial charge in [0, 0.05) is 17.8 Å². The fourth-order valence-electron chi connectivity index (χ4n) is 5.90. The quantitative estimate of drug-likeness (QED) is 0.222. The van der Waals surface area contributed by atoms with Crippen molar-refractivity contribution in [2.24, 2.45) is 0 Å². The molecule has 0 aromatic heterocycles. The minimum Gasteiger partial charge on any atom is -0.448 e. The van der Waals surface area contributed by atoms with E-state index >= 15 is 0 Å². The fourth-order valence-corrected chi connectivity index (χ4v) is 7.53. The molecular formula is C36H35N3O7S. The minimum atomic E-state index is -1.73. The Kier molecular flexibility index (Phi) is 8.83. The second-order valence-electron chi connectivity index (χ2n) is 12.4. The van der Waals surface area contributed by atoms with Crippen LogP contribution >= 0.6 is 0 Å². The van der Waals surface area contributed by atoms with E-state index in [0.717, 1.165) is 10.6 Å². The van der Waals surface area contributed by atoms with Gasteiger partial charge in [0.15, 0.2) is 6.10 Å². The highest BCUT2D eigenvalue weighted by molar-refractivity contribution is 7.86. The van der Waals surface area contributed by atoms with Crippen molar-refractivity contribution in [2.45, 2.75) is 50.3 Å². The van der Waals surface area contributed by atoms with Gasteiger partial charge < -0.3 is 19.7 Å². The Balaban J connectivity index is 1.37. The molecule has 0 bridgehead atoms. The number of nitrogens with one attached hydrogen (secondary N) is 1. The van der Waals surface area contributed by atoms with Gasteiger partial charge in [0.05, 0.1) is 16.6 Å². The summed E-state index contributed by atoms with van der Waals surface area (Å²) in [6, 6.07) is 26.5. The molecule has 10 nitrogen and oxygen atoms in total. The predicted octanol–water partition coefficient (Wildman–Crippen LogP) is 4.76. The summed E-state index contributed by atoms with van der Waals surface area (Å²) in [5.74, 6) is -1.81. The Morgan fingerprint density at radius 2 is 1.49 bits per heavy atom. The number of amides is 3. The number of hydrogen-bond acceptors (Lipinski definition) is 7. The van der Waals surface area contributed by atoms with Gasteiger partial charge in [-0.15, -0.1) is 0 Å². The molecule has 242 valence electrons. The Morgan fingerprint density at radius 3 is 2.06 bits per heavy atom. The number of benzene rings is 3. The van der Waals surface area contributed by atoms with Crippen LogP contribution in [-0.2, 0) is 34.7 Å². The molecule has 3 atom stereocenters. The number of para-hydroxylation sites is 1. The average molecular weight is 654 g/mol. The highest BCUT2D eigenvalue weighted by Gasteiger charge is 2.58. The van der Waals surface area contributed by atoms with Crippen molar-refractivity contribution in [2.75, 3.05) is 17.2 Å². The van der Waals surface area contributed by atoms with Crippen molar-refractivity contribution in [3.05, 3.63) is 125 Å². The molecule has 0 aliphatic carbocycles. The van der Waals surface area contributed by atoms with Crippen LogP contribution in [-0.4, -0.2) is 62.3 Å². The number of β-lactam (4-membered cyclic amide) rings is 1. The van der Waals surface area contributed by atoms with Crippen molar-refractivity contribution in [1.82, 2.24) is 10.2 Å². The van der Waals surface area contributed by atoms with Crippen LogP contribution in [0.2, 0.25) is 0 Å². The second kappa shape index (κ2) is 13.0. The summed E-state index contributed by atoms with van der Waals surface area (Å²) in [6.07, 6.45) is 0.311. The van der Waals surface area contributed by atoms with E-state index in [4.69, 9.17) is 9.47 Å². The zero-order chi connectivity index (χ0) is 33.3. The van der Waals surface area contributed by atoms with Gasteiger partial charge in [-0.05, 0) is 62.1 Å². The SMILES string of the molecule is CC(C)(C)OC(=O)N[C@@H]1C(=O)N2C(C(=O)OC(c3ccccc3)c3ccccc3)=C(/C=C3\CCN(c4ccccc4)C3=O)CS(=O)[C@H]12. The number of nitrogens with zero attached hydrogens (tertiary/aromatic N) is 2. The summed E-state index contributed by atoms with van der Waals surface area (Å²) in [7, 11) is -1.73. The molecule has 11 heteroatoms. The zero-order valence-electron chi connectivity index (χ0n) is 26.3. The van der Waals surface area contributed by atoms with E-state index < -0.39 is 51.9 Å². The Labute approximate surface area is 275 Å². The molecule has 2 fully saturated rings. The molecule has 1 N–H and O–H groups in total. The second-order valence-corrected chi connectivity index (χ2v) is 14.0. The lowest BCUT2D eigenvalue weighted by atomic mass is 10.00. The van der Waals surface area contributed by atoms with Gasteiger partial charge in [0.2, 0.25) is 0 Å². The van der Waals surface area contributed by atoms with Crippen LogP contribution < -0.4 is 10.2 Å². The highest BCUT2D eigenvalue weighted by Crippen LogP contribution is 2.39. The molecule has 3 aromatic rings. The van der Waals surface area contributed by atoms with E-state index in [9.17, 15) is 23.4 Å². The number of allylic oxidation sites excluding steroid dienone is 1. The summed E-state index contributed by atoms with van der Waals surface area (Å²) in [4.78, 5) is 56.8. The van der Waals surface area contributed by atoms with Crippen LogP contribution in [0.4, 0.5) is 10.5 Å². The molecule has 3 amide bonds. The van der Waals surface area contributed by atoms with Crippen LogP contribution in [0.3, 0.4) is 0 Å². The average Bonchev–Trinajstić information content (AvgIpc) is 3.41. The first kappa shape index (κ1) is 31.9. The smallest absolute Gasteiger partial charge is 0.408 e. The molecule has 1 unspecified atom stereocenters. The summed E-state index contributed by atoms with van der Waals surface area (Å²) >= 11 is 0. The van der Waals surface area contributed by atoms with Crippen molar-refractivity contribution in [1.29, 1.82) is 0 Å². The number of rotatable bonds is 7. The molecule has 3 aliphatic rings. The number of alkyl carbamates (subject to hydrolysis) is 1. The van der Waals surface area contributed by atoms with E-state index in [1.54, 1.807) is 31.7 Å².